The summed E-state index contributed by atoms with van der Waals surface area (Å²) < 4.78 is 10.5. The van der Waals surface area contributed by atoms with Gasteiger partial charge in [0.15, 0.2) is 0 Å². The third kappa shape index (κ3) is 6.15. The number of aromatic nitrogens is 1. The first-order chi connectivity index (χ1) is 11.2. The highest BCUT2D eigenvalue weighted by atomic mass is 35.5. The summed E-state index contributed by atoms with van der Waals surface area (Å²) in [5, 5.41) is 12.7. The molecule has 0 fully saturated rings. The molecule has 0 unspecified atom stereocenters. The van der Waals surface area contributed by atoms with Crippen LogP contribution < -0.4 is 15.0 Å². The minimum Gasteiger partial charge on any atom is -0.494 e. The number of halogens is 1. The number of hydrogen-bond acceptors (Lipinski definition) is 5. The Bertz CT molecular complexity index is 759. The van der Waals surface area contributed by atoms with Crippen LogP contribution in [-0.4, -0.2) is 18.2 Å². The summed E-state index contributed by atoms with van der Waals surface area (Å²) >= 11 is 0. The Morgan fingerprint density at radius 2 is 1.58 bits per heavy atom. The average molecular weight is 350 g/mol. The lowest BCUT2D eigenvalue weighted by Crippen LogP contribution is -2.08. The lowest BCUT2D eigenvalue weighted by atomic mass is 10.2. The molecule has 0 saturated carbocycles. The average Bonchev–Trinajstić information content (AvgIpc) is 2.60. The molecule has 0 saturated heterocycles. The number of aromatic amines is 1. The van der Waals surface area contributed by atoms with Gasteiger partial charge in [-0.2, -0.15) is 0 Å². The van der Waals surface area contributed by atoms with E-state index in [9.17, 15) is 4.79 Å². The highest BCUT2D eigenvalue weighted by Gasteiger charge is 2.04. The summed E-state index contributed by atoms with van der Waals surface area (Å²) in [5.41, 5.74) is 0.716. The third-order valence-corrected chi connectivity index (χ3v) is 2.85. The molecule has 0 atom stereocenters. The number of nitrogens with zero attached hydrogens (tertiary/aromatic N) is 2. The van der Waals surface area contributed by atoms with Crippen molar-refractivity contribution >= 4 is 23.3 Å². The van der Waals surface area contributed by atoms with E-state index in [1.165, 1.54) is 0 Å². The largest absolute Gasteiger partial charge is 0.494 e. The van der Waals surface area contributed by atoms with E-state index in [2.05, 4.69) is 4.98 Å². The van der Waals surface area contributed by atoms with Gasteiger partial charge in [-0.1, -0.05) is 18.2 Å². The van der Waals surface area contributed by atoms with Crippen molar-refractivity contribution in [2.75, 3.05) is 13.2 Å². The number of nitrogens with one attached hydrogen (secondary N) is 1. The van der Waals surface area contributed by atoms with Crippen LogP contribution in [0.25, 0.3) is 10.9 Å². The van der Waals surface area contributed by atoms with Gasteiger partial charge in [0, 0.05) is 16.2 Å². The van der Waals surface area contributed by atoms with Gasteiger partial charge in [-0.05, 0) is 44.2 Å². The van der Waals surface area contributed by atoms with E-state index < -0.39 is 0 Å². The minimum atomic E-state index is -0.0454. The number of pyridine rings is 2. The molecule has 1 N–H and O–H groups in total. The van der Waals surface area contributed by atoms with Crippen molar-refractivity contribution in [1.82, 2.24) is 4.98 Å². The van der Waals surface area contributed by atoms with E-state index >= 15 is 0 Å². The van der Waals surface area contributed by atoms with Crippen molar-refractivity contribution in [2.45, 2.75) is 13.8 Å². The van der Waals surface area contributed by atoms with Crippen LogP contribution in [0.3, 0.4) is 0 Å². The number of ether oxygens (including phenoxy) is 2. The van der Waals surface area contributed by atoms with Crippen LogP contribution in [0.15, 0.2) is 53.3 Å². The molecule has 0 radical (unpaired) electrons. The third-order valence-electron chi connectivity index (χ3n) is 2.85. The van der Waals surface area contributed by atoms with Crippen molar-refractivity contribution in [1.29, 1.82) is 10.8 Å². The van der Waals surface area contributed by atoms with Gasteiger partial charge in [-0.3, -0.25) is 4.79 Å². The first kappa shape index (κ1) is 21.2. The van der Waals surface area contributed by atoms with E-state index in [1.807, 2.05) is 50.2 Å². The Morgan fingerprint density at radius 3 is 2.04 bits per heavy atom. The minimum absolute atomic E-state index is 0. The van der Waals surface area contributed by atoms with Crippen LogP contribution in [0.4, 0.5) is 0 Å². The molecule has 2 aromatic heterocycles. The number of benzene rings is 2. The van der Waals surface area contributed by atoms with Crippen molar-refractivity contribution in [3.8, 4) is 11.5 Å². The maximum absolute atomic E-state index is 11.1. The van der Waals surface area contributed by atoms with Gasteiger partial charge in [0.1, 0.15) is 11.5 Å². The van der Waals surface area contributed by atoms with Gasteiger partial charge >= 0.3 is 0 Å². The Labute approximate surface area is 146 Å². The van der Waals surface area contributed by atoms with Crippen LogP contribution in [-0.2, 0) is 0 Å². The summed E-state index contributed by atoms with van der Waals surface area (Å²) in [5.74, 6) is 1.70. The fourth-order valence-electron chi connectivity index (χ4n) is 1.92. The SMILES string of the molecule is CCOc1cc2ccc1[nH]c2=O.CCOc1ccccc1.Cl.N#N. The molecular weight excluding hydrogens is 330 g/mol. The van der Waals surface area contributed by atoms with Crippen molar-refractivity contribution in [2.24, 2.45) is 0 Å². The molecule has 2 heterocycles. The molecule has 0 aliphatic carbocycles. The van der Waals surface area contributed by atoms with Gasteiger partial charge in [0.05, 0.1) is 18.7 Å². The number of fused-ring (bicyclic) bond motifs is 3. The maximum atomic E-state index is 11.1. The Kier molecular flexibility index (Phi) is 10.4. The van der Waals surface area contributed by atoms with E-state index in [1.54, 1.807) is 12.1 Å². The summed E-state index contributed by atoms with van der Waals surface area (Å²) in [6.45, 7) is 5.25. The maximum Gasteiger partial charge on any atom is 0.255 e. The number of para-hydroxylation sites is 1. The summed E-state index contributed by atoms with van der Waals surface area (Å²) in [7, 11) is 0. The van der Waals surface area contributed by atoms with Crippen LogP contribution in [0.2, 0.25) is 0 Å². The van der Waals surface area contributed by atoms with Crippen LogP contribution in [0, 0.1) is 10.8 Å². The van der Waals surface area contributed by atoms with Gasteiger partial charge in [-0.15, -0.1) is 12.4 Å². The molecule has 4 aromatic rings. The van der Waals surface area contributed by atoms with Gasteiger partial charge in [0.25, 0.3) is 5.56 Å². The second-order valence-electron chi connectivity index (χ2n) is 4.34. The van der Waals surface area contributed by atoms with E-state index in [-0.39, 0.29) is 18.0 Å². The Hall–Kier alpha value is -2.78. The molecule has 4 rings (SSSR count). The van der Waals surface area contributed by atoms with Crippen molar-refractivity contribution < 1.29 is 9.47 Å². The fraction of sp³-hybridized carbons (Fsp3) is 0.235. The topological polar surface area (TPSA) is 98.9 Å². The molecule has 24 heavy (non-hydrogen) atoms. The van der Waals surface area contributed by atoms with E-state index in [4.69, 9.17) is 20.3 Å². The van der Waals surface area contributed by atoms with Crippen LogP contribution in [0.1, 0.15) is 13.8 Å². The quantitative estimate of drug-likeness (QED) is 0.720. The Morgan fingerprint density at radius 1 is 0.958 bits per heavy atom. The highest BCUT2D eigenvalue weighted by Crippen LogP contribution is 2.19. The number of rotatable bonds is 4. The lowest BCUT2D eigenvalue weighted by molar-refractivity contribution is 0.340. The number of H-pyrrole nitrogens is 1. The molecule has 2 bridgehead atoms. The lowest BCUT2D eigenvalue weighted by Gasteiger charge is -2.06. The van der Waals surface area contributed by atoms with E-state index in [0.717, 1.165) is 23.6 Å². The standard InChI is InChI=1S/C9H9NO2.C8H10O.ClH.N2/c1-2-12-8-5-6-3-4-7(8)10-9(6)11;1-2-9-8-6-4-3-5-7-8;;1-2/h3-5H,2H2,1H3,(H,10,11);3-7H,2H2,1H3;1H;. The zero-order valence-electron chi connectivity index (χ0n) is 13.6. The first-order valence-corrected chi connectivity index (χ1v) is 7.20. The summed E-state index contributed by atoms with van der Waals surface area (Å²) in [6.07, 6.45) is 0. The highest BCUT2D eigenvalue weighted by molar-refractivity contribution is 5.85. The van der Waals surface area contributed by atoms with Crippen LogP contribution >= 0.6 is 12.4 Å². The smallest absolute Gasteiger partial charge is 0.255 e. The first-order valence-electron chi connectivity index (χ1n) is 7.20. The molecule has 7 heteroatoms. The van der Waals surface area contributed by atoms with Gasteiger partial charge in [-0.25, -0.2) is 0 Å². The monoisotopic (exact) mass is 349 g/mol. The second-order valence-corrected chi connectivity index (χ2v) is 4.34. The molecule has 0 aliphatic rings. The van der Waals surface area contributed by atoms with Gasteiger partial charge in [0.2, 0.25) is 0 Å². The molecular formula is C17H20ClN3O3. The molecule has 0 amide bonds. The molecule has 0 spiro atoms. The number of hydrogen-bond donors (Lipinski definition) is 1. The van der Waals surface area contributed by atoms with E-state index in [0.29, 0.717) is 12.0 Å². The zero-order chi connectivity index (χ0) is 17.1. The van der Waals surface area contributed by atoms with Crippen molar-refractivity contribution in [3.63, 3.8) is 0 Å². The zero-order valence-corrected chi connectivity index (χ0v) is 14.4. The molecule has 6 nitrogen and oxygen atoms in total. The van der Waals surface area contributed by atoms with Crippen LogP contribution in [0.5, 0.6) is 11.5 Å². The Balaban J connectivity index is 0.000000398. The predicted octanol–water partition coefficient (Wildman–Crippen LogP) is 3.90. The molecule has 2 aromatic carbocycles. The van der Waals surface area contributed by atoms with Gasteiger partial charge < -0.3 is 14.5 Å². The predicted molar refractivity (Wildman–Crippen MR) is 95.2 cm³/mol. The fourth-order valence-corrected chi connectivity index (χ4v) is 1.92. The summed E-state index contributed by atoms with van der Waals surface area (Å²) in [6, 6.07) is 15.2. The molecule has 0 aliphatic heterocycles. The normalized spacial score (nSPS) is 8.83. The second kappa shape index (κ2) is 11.7. The summed E-state index contributed by atoms with van der Waals surface area (Å²) in [4.78, 5) is 13.8. The van der Waals surface area contributed by atoms with Crippen molar-refractivity contribution in [3.05, 3.63) is 58.9 Å². The molecule has 128 valence electrons.